The zero-order valence-electron chi connectivity index (χ0n) is 11.9. The largest absolute Gasteiger partial charge is 0.370 e. The van der Waals surface area contributed by atoms with Gasteiger partial charge in [0.2, 0.25) is 0 Å². The predicted octanol–water partition coefficient (Wildman–Crippen LogP) is 2.88. The summed E-state index contributed by atoms with van der Waals surface area (Å²) in [6.07, 6.45) is 1.83. The lowest BCUT2D eigenvalue weighted by molar-refractivity contribution is 0.798. The van der Waals surface area contributed by atoms with E-state index in [0.29, 0.717) is 6.54 Å². The van der Waals surface area contributed by atoms with Gasteiger partial charge in [-0.2, -0.15) is 0 Å². The van der Waals surface area contributed by atoms with Crippen molar-refractivity contribution in [2.75, 3.05) is 11.9 Å². The molecule has 0 amide bonds. The summed E-state index contributed by atoms with van der Waals surface area (Å²) in [7, 11) is 0. The Kier molecular flexibility index (Phi) is 3.69. The Labute approximate surface area is 123 Å². The molecule has 0 spiro atoms. The summed E-state index contributed by atoms with van der Waals surface area (Å²) in [6.45, 7) is 3.53. The van der Waals surface area contributed by atoms with Crippen LogP contribution in [-0.2, 0) is 6.54 Å². The van der Waals surface area contributed by atoms with Gasteiger partial charge in [-0.15, -0.1) is 0 Å². The Balaban J connectivity index is 2.00. The fourth-order valence-corrected chi connectivity index (χ4v) is 2.42. The van der Waals surface area contributed by atoms with Crippen molar-refractivity contribution in [2.24, 2.45) is 0 Å². The van der Waals surface area contributed by atoms with Crippen molar-refractivity contribution >= 4 is 16.7 Å². The van der Waals surface area contributed by atoms with E-state index in [0.717, 1.165) is 29.0 Å². The van der Waals surface area contributed by atoms with Crippen LogP contribution < -0.4 is 10.7 Å². The minimum absolute atomic E-state index is 0.0520. The van der Waals surface area contributed by atoms with Gasteiger partial charge >= 0.3 is 0 Å². The van der Waals surface area contributed by atoms with E-state index in [1.165, 1.54) is 0 Å². The van der Waals surface area contributed by atoms with Gasteiger partial charge in [-0.3, -0.25) is 4.79 Å². The van der Waals surface area contributed by atoms with Crippen LogP contribution in [0.5, 0.6) is 0 Å². The number of para-hydroxylation sites is 1. The molecule has 0 bridgehead atoms. The summed E-state index contributed by atoms with van der Waals surface area (Å²) in [4.78, 5) is 16.5. The molecule has 2 heterocycles. The molecular formula is C17H17N3O. The molecule has 0 fully saturated rings. The van der Waals surface area contributed by atoms with E-state index in [9.17, 15) is 4.79 Å². The van der Waals surface area contributed by atoms with Gasteiger partial charge in [0.1, 0.15) is 5.82 Å². The number of nitrogens with zero attached hydrogens (tertiary/aromatic N) is 2. The highest BCUT2D eigenvalue weighted by molar-refractivity contribution is 5.78. The zero-order valence-corrected chi connectivity index (χ0v) is 11.9. The van der Waals surface area contributed by atoms with Crippen molar-refractivity contribution in [1.82, 2.24) is 9.55 Å². The van der Waals surface area contributed by atoms with Crippen LogP contribution >= 0.6 is 0 Å². The minimum Gasteiger partial charge on any atom is -0.370 e. The van der Waals surface area contributed by atoms with Gasteiger partial charge in [-0.05, 0) is 31.2 Å². The van der Waals surface area contributed by atoms with E-state index in [2.05, 4.69) is 14.9 Å². The molecular weight excluding hydrogens is 262 g/mol. The van der Waals surface area contributed by atoms with E-state index < -0.39 is 0 Å². The van der Waals surface area contributed by atoms with Gasteiger partial charge in [0, 0.05) is 24.2 Å². The van der Waals surface area contributed by atoms with Crippen LogP contribution in [0.1, 0.15) is 12.6 Å². The van der Waals surface area contributed by atoms with Crippen LogP contribution in [0, 0.1) is 0 Å². The molecule has 2 aromatic heterocycles. The van der Waals surface area contributed by atoms with Gasteiger partial charge in [0.15, 0.2) is 5.43 Å². The molecule has 0 atom stereocenters. The van der Waals surface area contributed by atoms with E-state index in [1.807, 2.05) is 55.6 Å². The van der Waals surface area contributed by atoms with Gasteiger partial charge in [0.25, 0.3) is 0 Å². The molecule has 1 aromatic carbocycles. The number of nitrogens with one attached hydrogen (secondary N) is 1. The molecule has 21 heavy (non-hydrogen) atoms. The van der Waals surface area contributed by atoms with Crippen LogP contribution in [0.3, 0.4) is 0 Å². The number of rotatable bonds is 4. The summed E-state index contributed by atoms with van der Waals surface area (Å²) >= 11 is 0. The van der Waals surface area contributed by atoms with Crippen LogP contribution in [0.25, 0.3) is 10.9 Å². The first-order valence-corrected chi connectivity index (χ1v) is 7.06. The first-order valence-electron chi connectivity index (χ1n) is 7.06. The summed E-state index contributed by atoms with van der Waals surface area (Å²) < 4.78 is 2.05. The third-order valence-electron chi connectivity index (χ3n) is 3.38. The minimum atomic E-state index is 0.0520. The van der Waals surface area contributed by atoms with Crippen molar-refractivity contribution < 1.29 is 0 Å². The Hall–Kier alpha value is -2.62. The maximum Gasteiger partial charge on any atom is 0.189 e. The van der Waals surface area contributed by atoms with Gasteiger partial charge in [0.05, 0.1) is 17.8 Å². The number of fused-ring (bicyclic) bond motifs is 1. The molecule has 4 heteroatoms. The van der Waals surface area contributed by atoms with E-state index in [1.54, 1.807) is 6.07 Å². The van der Waals surface area contributed by atoms with Gasteiger partial charge < -0.3 is 9.88 Å². The summed E-state index contributed by atoms with van der Waals surface area (Å²) in [5, 5.41) is 3.95. The summed E-state index contributed by atoms with van der Waals surface area (Å²) in [6, 6.07) is 15.2. The van der Waals surface area contributed by atoms with Crippen LogP contribution in [0.2, 0.25) is 0 Å². The van der Waals surface area contributed by atoms with E-state index >= 15 is 0 Å². The fourth-order valence-electron chi connectivity index (χ4n) is 2.42. The molecule has 106 valence electrons. The zero-order chi connectivity index (χ0) is 14.7. The molecule has 0 unspecified atom stereocenters. The van der Waals surface area contributed by atoms with Crippen molar-refractivity contribution in [3.05, 3.63) is 70.6 Å². The first kappa shape index (κ1) is 13.4. The van der Waals surface area contributed by atoms with Crippen molar-refractivity contribution in [1.29, 1.82) is 0 Å². The smallest absolute Gasteiger partial charge is 0.189 e. The highest BCUT2D eigenvalue weighted by Gasteiger charge is 2.04. The number of pyridine rings is 2. The van der Waals surface area contributed by atoms with Crippen molar-refractivity contribution in [3.8, 4) is 0 Å². The third kappa shape index (κ3) is 2.79. The molecule has 3 rings (SSSR count). The average Bonchev–Trinajstić information content (AvgIpc) is 2.51. The number of benzene rings is 1. The van der Waals surface area contributed by atoms with Gasteiger partial charge in [-0.25, -0.2) is 4.98 Å². The van der Waals surface area contributed by atoms with Crippen molar-refractivity contribution in [3.63, 3.8) is 0 Å². The molecule has 0 saturated heterocycles. The molecule has 0 aliphatic heterocycles. The number of hydrogen-bond acceptors (Lipinski definition) is 3. The number of aromatic nitrogens is 2. The lowest BCUT2D eigenvalue weighted by Gasteiger charge is -2.11. The maximum atomic E-state index is 11.9. The molecule has 0 aliphatic rings. The molecule has 0 radical (unpaired) electrons. The second kappa shape index (κ2) is 5.79. The normalized spacial score (nSPS) is 10.7. The maximum absolute atomic E-state index is 11.9. The Bertz CT molecular complexity index is 823. The second-order valence-corrected chi connectivity index (χ2v) is 4.87. The predicted molar refractivity (Wildman–Crippen MR) is 85.7 cm³/mol. The second-order valence-electron chi connectivity index (χ2n) is 4.87. The van der Waals surface area contributed by atoms with Crippen LogP contribution in [0.4, 0.5) is 5.82 Å². The summed E-state index contributed by atoms with van der Waals surface area (Å²) in [5.74, 6) is 0.875. The lowest BCUT2D eigenvalue weighted by Crippen LogP contribution is -2.10. The molecule has 3 aromatic rings. The molecule has 1 N–H and O–H groups in total. The topological polar surface area (TPSA) is 46.9 Å². The van der Waals surface area contributed by atoms with Crippen LogP contribution in [-0.4, -0.2) is 16.1 Å². The van der Waals surface area contributed by atoms with Crippen molar-refractivity contribution in [2.45, 2.75) is 13.5 Å². The Morgan fingerprint density at radius 3 is 2.81 bits per heavy atom. The highest BCUT2D eigenvalue weighted by Crippen LogP contribution is 2.12. The van der Waals surface area contributed by atoms with Crippen LogP contribution in [0.15, 0.2) is 59.5 Å². The highest BCUT2D eigenvalue weighted by atomic mass is 16.1. The van der Waals surface area contributed by atoms with E-state index in [-0.39, 0.29) is 5.43 Å². The fraction of sp³-hybridized carbons (Fsp3) is 0.176. The Morgan fingerprint density at radius 2 is 1.95 bits per heavy atom. The average molecular weight is 279 g/mol. The standard InChI is InChI=1S/C17H17N3O/c1-2-18-17-9-5-6-13(19-17)12-20-11-10-16(21)14-7-3-4-8-15(14)20/h3-11H,2,12H2,1H3,(H,18,19). The number of hydrogen-bond donors (Lipinski definition) is 1. The first-order chi connectivity index (χ1) is 10.3. The van der Waals surface area contributed by atoms with Gasteiger partial charge in [-0.1, -0.05) is 18.2 Å². The number of anilines is 1. The molecule has 4 nitrogen and oxygen atoms in total. The monoisotopic (exact) mass is 279 g/mol. The SMILES string of the molecule is CCNc1cccc(Cn2ccc(=O)c3ccccc32)n1. The Morgan fingerprint density at radius 1 is 1.10 bits per heavy atom. The quantitative estimate of drug-likeness (QED) is 0.799. The molecule has 0 aliphatic carbocycles. The molecule has 0 saturated carbocycles. The summed E-state index contributed by atoms with van der Waals surface area (Å²) in [5.41, 5.74) is 1.94. The lowest BCUT2D eigenvalue weighted by atomic mass is 10.2. The third-order valence-corrected chi connectivity index (χ3v) is 3.38. The van der Waals surface area contributed by atoms with E-state index in [4.69, 9.17) is 0 Å².